The molecule has 1 aliphatic rings. The number of nitrogens with zero attached hydrogens (tertiary/aromatic N) is 3. The van der Waals surface area contributed by atoms with Gasteiger partial charge in [0.1, 0.15) is 11.4 Å². The van der Waals surface area contributed by atoms with Crippen LogP contribution in [0.4, 0.5) is 24.5 Å². The molecule has 0 saturated carbocycles. The summed E-state index contributed by atoms with van der Waals surface area (Å²) in [6.45, 7) is 4.57. The van der Waals surface area contributed by atoms with Crippen LogP contribution in [0.25, 0.3) is 11.1 Å². The number of amides is 1. The van der Waals surface area contributed by atoms with Crippen LogP contribution in [0.3, 0.4) is 0 Å². The Labute approximate surface area is 218 Å². The van der Waals surface area contributed by atoms with E-state index in [2.05, 4.69) is 32.0 Å². The Balaban J connectivity index is 1.63. The molecule has 0 atom stereocenters. The van der Waals surface area contributed by atoms with Crippen molar-refractivity contribution in [3.63, 3.8) is 0 Å². The van der Waals surface area contributed by atoms with Gasteiger partial charge in [-0.15, -0.1) is 0 Å². The molecule has 0 radical (unpaired) electrons. The van der Waals surface area contributed by atoms with Crippen molar-refractivity contribution in [2.45, 2.75) is 25.9 Å². The summed E-state index contributed by atoms with van der Waals surface area (Å²) >= 11 is 0. The van der Waals surface area contributed by atoms with Crippen molar-refractivity contribution >= 4 is 17.3 Å². The Bertz CT molecular complexity index is 1360. The highest BCUT2D eigenvalue weighted by molar-refractivity contribution is 6.04. The fourth-order valence-electron chi connectivity index (χ4n) is 4.00. The predicted molar refractivity (Wildman–Crippen MR) is 138 cm³/mol. The summed E-state index contributed by atoms with van der Waals surface area (Å²) in [7, 11) is 0. The van der Waals surface area contributed by atoms with E-state index < -0.39 is 17.8 Å². The van der Waals surface area contributed by atoms with Crippen LogP contribution in [0.1, 0.15) is 40.2 Å². The standard InChI is InChI=1S/C28H27F3N4O3/c1-19-6-7-22(34-27(37)20-8-9-32-26(16-20)28(29,30)31)17-23(19)21-15-25(35-10-13-38-14-11-35)24(33-18-21)5-3-2-4-12-36/h6-9,15-18,36H,2,4,10-14H2,1H3,(H,34,37). The average Bonchev–Trinajstić information content (AvgIpc) is 2.92. The second kappa shape index (κ2) is 12.1. The van der Waals surface area contributed by atoms with Crippen LogP contribution in [0.5, 0.6) is 0 Å². The smallest absolute Gasteiger partial charge is 0.396 e. The number of carbonyl (C=O) groups is 1. The van der Waals surface area contributed by atoms with E-state index in [1.54, 1.807) is 18.3 Å². The fraction of sp³-hybridized carbons (Fsp3) is 0.321. The second-order valence-corrected chi connectivity index (χ2v) is 8.73. The number of carbonyl (C=O) groups excluding carboxylic acids is 1. The molecule has 10 heteroatoms. The molecular weight excluding hydrogens is 497 g/mol. The number of aryl methyl sites for hydroxylation is 1. The van der Waals surface area contributed by atoms with Crippen molar-refractivity contribution in [1.29, 1.82) is 0 Å². The van der Waals surface area contributed by atoms with Crippen molar-refractivity contribution in [2.24, 2.45) is 0 Å². The largest absolute Gasteiger partial charge is 0.433 e. The lowest BCUT2D eigenvalue weighted by atomic mass is 10.00. The topological polar surface area (TPSA) is 87.6 Å². The van der Waals surface area contributed by atoms with Crippen molar-refractivity contribution in [3.05, 3.63) is 71.3 Å². The quantitative estimate of drug-likeness (QED) is 0.360. The van der Waals surface area contributed by atoms with Crippen molar-refractivity contribution < 1.29 is 27.8 Å². The number of aromatic nitrogens is 2. The first-order chi connectivity index (χ1) is 18.3. The number of pyridine rings is 2. The maximum absolute atomic E-state index is 13.0. The van der Waals surface area contributed by atoms with E-state index in [0.717, 1.165) is 34.6 Å². The lowest BCUT2D eigenvalue weighted by Crippen LogP contribution is -2.36. The summed E-state index contributed by atoms with van der Waals surface area (Å²) in [4.78, 5) is 22.8. The molecular formula is C28H27F3N4O3. The van der Waals surface area contributed by atoms with E-state index >= 15 is 0 Å². The first kappa shape index (κ1) is 27.1. The highest BCUT2D eigenvalue weighted by Gasteiger charge is 2.33. The first-order valence-electron chi connectivity index (χ1n) is 12.1. The van der Waals surface area contributed by atoms with Gasteiger partial charge in [0.2, 0.25) is 0 Å². The van der Waals surface area contributed by atoms with Crippen LogP contribution in [0.15, 0.2) is 48.8 Å². The lowest BCUT2D eigenvalue weighted by Gasteiger charge is -2.29. The molecule has 4 rings (SSSR count). The van der Waals surface area contributed by atoms with E-state index in [1.165, 1.54) is 6.07 Å². The number of alkyl halides is 3. The summed E-state index contributed by atoms with van der Waals surface area (Å²) in [6.07, 6.45) is -0.816. The van der Waals surface area contributed by atoms with Crippen molar-refractivity contribution in [3.8, 4) is 23.0 Å². The summed E-state index contributed by atoms with van der Waals surface area (Å²) in [5.41, 5.74) is 3.22. The number of hydrogen-bond donors (Lipinski definition) is 2. The number of rotatable bonds is 6. The number of halogens is 3. The minimum Gasteiger partial charge on any atom is -0.396 e. The Morgan fingerprint density at radius 1 is 1.16 bits per heavy atom. The number of morpholine rings is 1. The molecule has 2 N–H and O–H groups in total. The first-order valence-corrected chi connectivity index (χ1v) is 12.1. The third-order valence-corrected chi connectivity index (χ3v) is 6.01. The Morgan fingerprint density at radius 2 is 1.95 bits per heavy atom. The number of hydrogen-bond acceptors (Lipinski definition) is 6. The van der Waals surface area contributed by atoms with E-state index in [4.69, 9.17) is 9.84 Å². The van der Waals surface area contributed by atoms with Gasteiger partial charge >= 0.3 is 6.18 Å². The fourth-order valence-corrected chi connectivity index (χ4v) is 4.00. The summed E-state index contributed by atoms with van der Waals surface area (Å²) in [5, 5.41) is 11.7. The van der Waals surface area contributed by atoms with E-state index in [1.807, 2.05) is 19.1 Å². The maximum atomic E-state index is 13.0. The van der Waals surface area contributed by atoms with Gasteiger partial charge in [0, 0.05) is 55.3 Å². The highest BCUT2D eigenvalue weighted by Crippen LogP contribution is 2.32. The zero-order valence-corrected chi connectivity index (χ0v) is 20.8. The predicted octanol–water partition coefficient (Wildman–Crippen LogP) is 4.68. The Morgan fingerprint density at radius 3 is 2.68 bits per heavy atom. The van der Waals surface area contributed by atoms with Crippen LogP contribution in [0.2, 0.25) is 0 Å². The monoisotopic (exact) mass is 524 g/mol. The molecule has 0 unspecified atom stereocenters. The number of nitrogens with one attached hydrogen (secondary N) is 1. The van der Waals surface area contributed by atoms with Gasteiger partial charge in [-0.2, -0.15) is 13.2 Å². The van der Waals surface area contributed by atoms with Crippen LogP contribution in [0, 0.1) is 18.8 Å². The number of unbranched alkanes of at least 4 members (excludes halogenated alkanes) is 1. The van der Waals surface area contributed by atoms with Gasteiger partial charge in [-0.3, -0.25) is 9.78 Å². The molecule has 7 nitrogen and oxygen atoms in total. The number of aliphatic hydroxyl groups is 1. The Kier molecular flexibility index (Phi) is 8.61. The van der Waals surface area contributed by atoms with E-state index in [9.17, 15) is 18.0 Å². The van der Waals surface area contributed by atoms with E-state index in [-0.39, 0.29) is 12.2 Å². The van der Waals surface area contributed by atoms with Gasteiger partial charge in [0.15, 0.2) is 0 Å². The lowest BCUT2D eigenvalue weighted by molar-refractivity contribution is -0.141. The minimum atomic E-state index is -4.64. The van der Waals surface area contributed by atoms with E-state index in [0.29, 0.717) is 50.5 Å². The normalized spacial score (nSPS) is 13.6. The average molecular weight is 525 g/mol. The zero-order chi connectivity index (χ0) is 27.1. The zero-order valence-electron chi connectivity index (χ0n) is 20.8. The molecule has 198 valence electrons. The van der Waals surface area contributed by atoms with Gasteiger partial charge in [0.25, 0.3) is 5.91 Å². The van der Waals surface area contributed by atoms with Crippen LogP contribution >= 0.6 is 0 Å². The van der Waals surface area contributed by atoms with Gasteiger partial charge in [-0.25, -0.2) is 4.98 Å². The number of aliphatic hydroxyl groups excluding tert-OH is 1. The summed E-state index contributed by atoms with van der Waals surface area (Å²) in [6, 6.07) is 9.25. The molecule has 0 bridgehead atoms. The van der Waals surface area contributed by atoms with Crippen LogP contribution < -0.4 is 10.2 Å². The van der Waals surface area contributed by atoms with Crippen molar-refractivity contribution in [1.82, 2.24) is 9.97 Å². The number of benzene rings is 1. The van der Waals surface area contributed by atoms with Gasteiger partial charge in [0.05, 0.1) is 18.9 Å². The minimum absolute atomic E-state index is 0.0776. The van der Waals surface area contributed by atoms with Gasteiger partial charge < -0.3 is 20.1 Å². The number of ether oxygens (including phenoxy) is 1. The molecule has 1 amide bonds. The molecule has 1 fully saturated rings. The molecule has 38 heavy (non-hydrogen) atoms. The molecule has 3 heterocycles. The maximum Gasteiger partial charge on any atom is 0.433 e. The Hall–Kier alpha value is -3.94. The molecule has 3 aromatic rings. The second-order valence-electron chi connectivity index (χ2n) is 8.73. The van der Waals surface area contributed by atoms with Gasteiger partial charge in [-0.1, -0.05) is 12.0 Å². The molecule has 1 aliphatic heterocycles. The van der Waals surface area contributed by atoms with Crippen LogP contribution in [-0.4, -0.2) is 53.9 Å². The highest BCUT2D eigenvalue weighted by atomic mass is 19.4. The molecule has 1 aromatic carbocycles. The molecule has 1 saturated heterocycles. The summed E-state index contributed by atoms with van der Waals surface area (Å²) < 4.78 is 44.5. The molecule has 0 aliphatic carbocycles. The van der Waals surface area contributed by atoms with Crippen LogP contribution in [-0.2, 0) is 10.9 Å². The third kappa shape index (κ3) is 6.68. The number of anilines is 2. The third-order valence-electron chi connectivity index (χ3n) is 6.01. The summed E-state index contributed by atoms with van der Waals surface area (Å²) in [5.74, 6) is 5.50. The SMILES string of the molecule is Cc1ccc(NC(=O)c2ccnc(C(F)(F)F)c2)cc1-c1cnc(C#CCCCO)c(N2CCOCC2)c1. The molecule has 0 spiro atoms. The molecule has 2 aromatic heterocycles. The van der Waals surface area contributed by atoms with Crippen molar-refractivity contribution in [2.75, 3.05) is 43.1 Å². The van der Waals surface area contributed by atoms with Gasteiger partial charge in [-0.05, 0) is 60.7 Å².